The molecule has 0 fully saturated rings. The monoisotopic (exact) mass is 353 g/mol. The Morgan fingerprint density at radius 3 is 2.83 bits per heavy atom. The standard InChI is InChI=1S/C15H20ClN5OS/c1-10(11-6-5-7-12(16)8-11)17-13(22)9-23-14-18-19-20-21(14)15(2,3)4/h5-8,10H,9H2,1-4H3,(H,17,22). The predicted molar refractivity (Wildman–Crippen MR) is 91.5 cm³/mol. The molecule has 1 atom stereocenters. The third kappa shape index (κ3) is 4.94. The molecule has 1 unspecified atom stereocenters. The maximum Gasteiger partial charge on any atom is 0.230 e. The highest BCUT2D eigenvalue weighted by Crippen LogP contribution is 2.22. The van der Waals surface area contributed by atoms with Gasteiger partial charge in [0.15, 0.2) is 0 Å². The van der Waals surface area contributed by atoms with Gasteiger partial charge in [-0.1, -0.05) is 35.5 Å². The van der Waals surface area contributed by atoms with Gasteiger partial charge in [0.25, 0.3) is 0 Å². The Morgan fingerprint density at radius 2 is 2.17 bits per heavy atom. The molecule has 2 aromatic rings. The zero-order valence-corrected chi connectivity index (χ0v) is 15.1. The Hall–Kier alpha value is -1.60. The summed E-state index contributed by atoms with van der Waals surface area (Å²) in [6, 6.07) is 7.35. The van der Waals surface area contributed by atoms with E-state index < -0.39 is 0 Å². The van der Waals surface area contributed by atoms with Gasteiger partial charge in [0.05, 0.1) is 17.3 Å². The summed E-state index contributed by atoms with van der Waals surface area (Å²) in [5.74, 6) is 0.174. The Labute approximate surface area is 145 Å². The molecule has 0 saturated heterocycles. The van der Waals surface area contributed by atoms with Crippen LogP contribution in [0.1, 0.15) is 39.3 Å². The number of nitrogens with zero attached hydrogens (tertiary/aromatic N) is 4. The number of hydrogen-bond acceptors (Lipinski definition) is 5. The van der Waals surface area contributed by atoms with E-state index in [4.69, 9.17) is 11.6 Å². The number of amides is 1. The van der Waals surface area contributed by atoms with Gasteiger partial charge in [-0.3, -0.25) is 4.79 Å². The minimum Gasteiger partial charge on any atom is -0.349 e. The van der Waals surface area contributed by atoms with Gasteiger partial charge in [0, 0.05) is 5.02 Å². The smallest absolute Gasteiger partial charge is 0.230 e. The Morgan fingerprint density at radius 1 is 1.43 bits per heavy atom. The number of thioether (sulfide) groups is 1. The average Bonchev–Trinajstić information content (AvgIpc) is 2.93. The van der Waals surface area contributed by atoms with E-state index in [2.05, 4.69) is 20.8 Å². The van der Waals surface area contributed by atoms with Crippen molar-refractivity contribution in [3.05, 3.63) is 34.9 Å². The first-order valence-corrected chi connectivity index (χ1v) is 8.60. The molecule has 23 heavy (non-hydrogen) atoms. The summed E-state index contributed by atoms with van der Waals surface area (Å²) < 4.78 is 1.71. The average molecular weight is 354 g/mol. The van der Waals surface area contributed by atoms with Crippen LogP contribution in [0.5, 0.6) is 0 Å². The molecular formula is C15H20ClN5OS. The van der Waals surface area contributed by atoms with Crippen molar-refractivity contribution >= 4 is 29.3 Å². The van der Waals surface area contributed by atoms with Crippen molar-refractivity contribution < 1.29 is 4.79 Å². The largest absolute Gasteiger partial charge is 0.349 e. The lowest BCUT2D eigenvalue weighted by Gasteiger charge is -2.19. The fourth-order valence-electron chi connectivity index (χ4n) is 1.96. The summed E-state index contributed by atoms with van der Waals surface area (Å²) in [6.45, 7) is 7.95. The fourth-order valence-corrected chi connectivity index (χ4v) is 3.03. The van der Waals surface area contributed by atoms with E-state index in [0.29, 0.717) is 10.2 Å². The van der Waals surface area contributed by atoms with Crippen molar-refractivity contribution in [3.8, 4) is 0 Å². The van der Waals surface area contributed by atoms with Crippen molar-refractivity contribution in [2.45, 2.75) is 44.4 Å². The van der Waals surface area contributed by atoms with Crippen LogP contribution in [-0.2, 0) is 10.3 Å². The number of rotatable bonds is 5. The zero-order valence-electron chi connectivity index (χ0n) is 13.6. The van der Waals surface area contributed by atoms with E-state index in [-0.39, 0.29) is 23.2 Å². The Kier molecular flexibility index (Phi) is 5.64. The lowest BCUT2D eigenvalue weighted by Crippen LogP contribution is -2.29. The van der Waals surface area contributed by atoms with Crippen LogP contribution in [0.3, 0.4) is 0 Å². The third-order valence-electron chi connectivity index (χ3n) is 3.13. The number of nitrogens with one attached hydrogen (secondary N) is 1. The summed E-state index contributed by atoms with van der Waals surface area (Å²) in [5, 5.41) is 15.9. The molecule has 0 spiro atoms. The molecule has 1 aromatic carbocycles. The molecule has 2 rings (SSSR count). The van der Waals surface area contributed by atoms with Gasteiger partial charge in [-0.15, -0.1) is 5.10 Å². The van der Waals surface area contributed by atoms with Crippen LogP contribution in [-0.4, -0.2) is 31.9 Å². The van der Waals surface area contributed by atoms with Gasteiger partial charge in [-0.25, -0.2) is 4.68 Å². The van der Waals surface area contributed by atoms with Gasteiger partial charge in [-0.2, -0.15) is 0 Å². The summed E-state index contributed by atoms with van der Waals surface area (Å²) >= 11 is 7.29. The highest BCUT2D eigenvalue weighted by atomic mass is 35.5. The topological polar surface area (TPSA) is 72.7 Å². The van der Waals surface area contributed by atoms with E-state index in [0.717, 1.165) is 5.56 Å². The van der Waals surface area contributed by atoms with Gasteiger partial charge in [0.1, 0.15) is 0 Å². The minimum absolute atomic E-state index is 0.0778. The van der Waals surface area contributed by atoms with Gasteiger partial charge in [-0.05, 0) is 55.8 Å². The van der Waals surface area contributed by atoms with Crippen molar-refractivity contribution in [1.29, 1.82) is 0 Å². The van der Waals surface area contributed by atoms with Gasteiger partial charge >= 0.3 is 0 Å². The van der Waals surface area contributed by atoms with E-state index >= 15 is 0 Å². The van der Waals surface area contributed by atoms with Crippen molar-refractivity contribution in [2.24, 2.45) is 0 Å². The number of benzene rings is 1. The first-order chi connectivity index (χ1) is 10.8. The Balaban J connectivity index is 1.92. The second-order valence-corrected chi connectivity index (χ2v) is 7.56. The maximum atomic E-state index is 12.1. The van der Waals surface area contributed by atoms with Crippen molar-refractivity contribution in [3.63, 3.8) is 0 Å². The van der Waals surface area contributed by atoms with Crippen LogP contribution < -0.4 is 5.32 Å². The Bertz CT molecular complexity index is 683. The molecular weight excluding hydrogens is 334 g/mol. The maximum absolute atomic E-state index is 12.1. The summed E-state index contributed by atoms with van der Waals surface area (Å²) in [4.78, 5) is 12.1. The highest BCUT2D eigenvalue weighted by Gasteiger charge is 2.21. The third-order valence-corrected chi connectivity index (χ3v) is 4.29. The number of carbonyl (C=O) groups excluding carboxylic acids is 1. The molecule has 0 aliphatic carbocycles. The number of hydrogen-bond donors (Lipinski definition) is 1. The lowest BCUT2D eigenvalue weighted by atomic mass is 10.1. The summed E-state index contributed by atoms with van der Waals surface area (Å²) in [5.41, 5.74) is 0.742. The molecule has 1 heterocycles. The fraction of sp³-hybridized carbons (Fsp3) is 0.467. The summed E-state index contributed by atoms with van der Waals surface area (Å²) in [7, 11) is 0. The highest BCUT2D eigenvalue weighted by molar-refractivity contribution is 7.99. The van der Waals surface area contributed by atoms with Crippen LogP contribution in [0.25, 0.3) is 0 Å². The number of carbonyl (C=O) groups is 1. The summed E-state index contributed by atoms with van der Waals surface area (Å²) in [6.07, 6.45) is 0. The lowest BCUT2D eigenvalue weighted by molar-refractivity contribution is -0.119. The van der Waals surface area contributed by atoms with E-state index in [1.165, 1.54) is 11.8 Å². The van der Waals surface area contributed by atoms with Crippen LogP contribution >= 0.6 is 23.4 Å². The SMILES string of the molecule is CC(NC(=O)CSc1nnnn1C(C)(C)C)c1cccc(Cl)c1. The van der Waals surface area contributed by atoms with E-state index in [1.54, 1.807) is 4.68 Å². The molecule has 0 radical (unpaired) electrons. The molecule has 0 saturated carbocycles. The van der Waals surface area contributed by atoms with Crippen molar-refractivity contribution in [1.82, 2.24) is 25.5 Å². The zero-order chi connectivity index (χ0) is 17.0. The van der Waals surface area contributed by atoms with Gasteiger partial charge < -0.3 is 5.32 Å². The second kappa shape index (κ2) is 7.31. The first-order valence-electron chi connectivity index (χ1n) is 7.24. The van der Waals surface area contributed by atoms with E-state index in [9.17, 15) is 4.79 Å². The first kappa shape index (κ1) is 17.7. The molecule has 0 aliphatic heterocycles. The number of tetrazole rings is 1. The van der Waals surface area contributed by atoms with Crippen LogP contribution in [0.15, 0.2) is 29.4 Å². The minimum atomic E-state index is -0.226. The molecule has 6 nitrogen and oxygen atoms in total. The normalized spacial score (nSPS) is 12.9. The van der Waals surface area contributed by atoms with E-state index in [1.807, 2.05) is 52.0 Å². The molecule has 8 heteroatoms. The number of aromatic nitrogens is 4. The van der Waals surface area contributed by atoms with Crippen LogP contribution in [0, 0.1) is 0 Å². The number of halogens is 1. The molecule has 1 amide bonds. The quantitative estimate of drug-likeness (QED) is 0.836. The van der Waals surface area contributed by atoms with Crippen LogP contribution in [0.4, 0.5) is 0 Å². The molecule has 1 N–H and O–H groups in total. The van der Waals surface area contributed by atoms with Gasteiger partial charge in [0.2, 0.25) is 11.1 Å². The van der Waals surface area contributed by atoms with Crippen molar-refractivity contribution in [2.75, 3.05) is 5.75 Å². The van der Waals surface area contributed by atoms with Crippen LogP contribution in [0.2, 0.25) is 5.02 Å². The molecule has 1 aromatic heterocycles. The predicted octanol–water partition coefficient (Wildman–Crippen LogP) is 3.05. The molecule has 124 valence electrons. The molecule has 0 aliphatic rings. The molecule has 0 bridgehead atoms. The second-order valence-electron chi connectivity index (χ2n) is 6.18.